The van der Waals surface area contributed by atoms with Gasteiger partial charge in [0, 0.05) is 22.7 Å². The molecule has 8 heteroatoms. The zero-order valence-corrected chi connectivity index (χ0v) is 16.3. The maximum absolute atomic E-state index is 12.5. The predicted molar refractivity (Wildman–Crippen MR) is 105 cm³/mol. The van der Waals surface area contributed by atoms with Crippen molar-refractivity contribution in [2.45, 2.75) is 32.9 Å². The quantitative estimate of drug-likeness (QED) is 0.405. The monoisotopic (exact) mass is 404 g/mol. The molecule has 0 bridgehead atoms. The zero-order chi connectivity index (χ0) is 20.7. The van der Waals surface area contributed by atoms with Crippen molar-refractivity contribution in [3.8, 4) is 0 Å². The molecule has 1 N–H and O–H groups in total. The van der Waals surface area contributed by atoms with E-state index in [2.05, 4.69) is 5.32 Å². The second-order valence-electron chi connectivity index (χ2n) is 6.37. The standard InChI is InChI=1S/C20H21ClN2O5/c1-3-13(2)18(22-19(24)15-6-8-16(21)9-7-15)20(25)28-12-14-4-10-17(11-5-14)23(26)27/h4-11,13,18H,3,12H2,1-2H3,(H,22,24)/t13-,18-/m0/s1. The minimum atomic E-state index is -0.814. The first kappa shape index (κ1) is 21.4. The lowest BCUT2D eigenvalue weighted by molar-refractivity contribution is -0.384. The van der Waals surface area contributed by atoms with Crippen LogP contribution in [0.5, 0.6) is 0 Å². The van der Waals surface area contributed by atoms with Gasteiger partial charge in [0.1, 0.15) is 12.6 Å². The molecule has 0 radical (unpaired) electrons. The van der Waals surface area contributed by atoms with Gasteiger partial charge >= 0.3 is 5.97 Å². The summed E-state index contributed by atoms with van der Waals surface area (Å²) in [5.41, 5.74) is 0.967. The molecule has 1 amide bonds. The molecule has 0 aromatic heterocycles. The Labute approximate surface area is 167 Å². The van der Waals surface area contributed by atoms with Crippen molar-refractivity contribution in [1.29, 1.82) is 0 Å². The van der Waals surface area contributed by atoms with Crippen molar-refractivity contribution in [1.82, 2.24) is 5.32 Å². The van der Waals surface area contributed by atoms with Crippen molar-refractivity contribution in [3.05, 3.63) is 74.8 Å². The number of nitrogens with one attached hydrogen (secondary N) is 1. The number of amides is 1. The number of nitro benzene ring substituents is 1. The number of nitrogens with zero attached hydrogens (tertiary/aromatic N) is 1. The Morgan fingerprint density at radius 2 is 1.75 bits per heavy atom. The third-order valence-electron chi connectivity index (χ3n) is 4.39. The van der Waals surface area contributed by atoms with E-state index in [1.165, 1.54) is 24.3 Å². The molecule has 7 nitrogen and oxygen atoms in total. The number of non-ortho nitro benzene ring substituents is 1. The molecule has 0 heterocycles. The van der Waals surface area contributed by atoms with Crippen molar-refractivity contribution in [2.24, 2.45) is 5.92 Å². The molecular weight excluding hydrogens is 384 g/mol. The fraction of sp³-hybridized carbons (Fsp3) is 0.300. The molecule has 2 aromatic rings. The number of benzene rings is 2. The van der Waals surface area contributed by atoms with Gasteiger partial charge in [-0.05, 0) is 47.9 Å². The topological polar surface area (TPSA) is 98.5 Å². The number of ether oxygens (including phenoxy) is 1. The van der Waals surface area contributed by atoms with Crippen molar-refractivity contribution in [2.75, 3.05) is 0 Å². The SMILES string of the molecule is CC[C@H](C)[C@H](NC(=O)c1ccc(Cl)cc1)C(=O)OCc1ccc([N+](=O)[O-])cc1. The molecule has 2 atom stereocenters. The molecule has 2 aromatic carbocycles. The third kappa shape index (κ3) is 5.79. The van der Waals surface area contributed by atoms with Crippen LogP contribution in [0.1, 0.15) is 36.2 Å². The largest absolute Gasteiger partial charge is 0.459 e. The van der Waals surface area contributed by atoms with Crippen LogP contribution in [0.4, 0.5) is 5.69 Å². The second-order valence-corrected chi connectivity index (χ2v) is 6.81. The second kappa shape index (κ2) is 9.85. The Morgan fingerprint density at radius 3 is 2.29 bits per heavy atom. The van der Waals surface area contributed by atoms with Crippen LogP contribution in [0, 0.1) is 16.0 Å². The van der Waals surface area contributed by atoms with Gasteiger partial charge in [-0.1, -0.05) is 31.9 Å². The number of halogens is 1. The number of esters is 1. The van der Waals surface area contributed by atoms with Crippen LogP contribution in [0.3, 0.4) is 0 Å². The molecule has 2 rings (SSSR count). The fourth-order valence-corrected chi connectivity index (χ4v) is 2.58. The van der Waals surface area contributed by atoms with Gasteiger partial charge in [-0.2, -0.15) is 0 Å². The smallest absolute Gasteiger partial charge is 0.329 e. The van der Waals surface area contributed by atoms with Crippen molar-refractivity contribution in [3.63, 3.8) is 0 Å². The summed E-state index contributed by atoms with van der Waals surface area (Å²) < 4.78 is 5.32. The van der Waals surface area contributed by atoms with E-state index in [9.17, 15) is 19.7 Å². The number of nitro groups is 1. The highest BCUT2D eigenvalue weighted by atomic mass is 35.5. The highest BCUT2D eigenvalue weighted by molar-refractivity contribution is 6.30. The van der Waals surface area contributed by atoms with E-state index in [0.29, 0.717) is 22.6 Å². The minimum Gasteiger partial charge on any atom is -0.459 e. The average Bonchev–Trinajstić information content (AvgIpc) is 2.70. The number of carbonyl (C=O) groups excluding carboxylic acids is 2. The lowest BCUT2D eigenvalue weighted by atomic mass is 9.98. The zero-order valence-electron chi connectivity index (χ0n) is 15.6. The van der Waals surface area contributed by atoms with E-state index in [1.54, 1.807) is 24.3 Å². The normalized spacial score (nSPS) is 12.7. The van der Waals surface area contributed by atoms with Gasteiger partial charge < -0.3 is 10.1 Å². The summed E-state index contributed by atoms with van der Waals surface area (Å²) in [5.74, 6) is -1.09. The number of carbonyl (C=O) groups is 2. The van der Waals surface area contributed by atoms with E-state index in [1.807, 2.05) is 13.8 Å². The van der Waals surface area contributed by atoms with Gasteiger partial charge in [0.25, 0.3) is 11.6 Å². The Balaban J connectivity index is 2.03. The number of hydrogen-bond donors (Lipinski definition) is 1. The van der Waals surface area contributed by atoms with Gasteiger partial charge in [-0.15, -0.1) is 0 Å². The molecule has 0 saturated carbocycles. The van der Waals surface area contributed by atoms with E-state index < -0.39 is 22.8 Å². The first-order valence-corrected chi connectivity index (χ1v) is 9.16. The molecule has 28 heavy (non-hydrogen) atoms. The van der Waals surface area contributed by atoms with Crippen LogP contribution in [0.15, 0.2) is 48.5 Å². The Hall–Kier alpha value is -2.93. The Bertz CT molecular complexity index is 837. The molecule has 148 valence electrons. The Morgan fingerprint density at radius 1 is 1.14 bits per heavy atom. The predicted octanol–water partition coefficient (Wildman–Crippen LogP) is 4.14. The summed E-state index contributed by atoms with van der Waals surface area (Å²) in [6.07, 6.45) is 0.665. The van der Waals surface area contributed by atoms with Crippen LogP contribution >= 0.6 is 11.6 Å². The lowest BCUT2D eigenvalue weighted by Crippen LogP contribution is -2.45. The summed E-state index contributed by atoms with van der Waals surface area (Å²) in [7, 11) is 0. The van der Waals surface area contributed by atoms with Crippen molar-refractivity contribution < 1.29 is 19.2 Å². The maximum Gasteiger partial charge on any atom is 0.329 e. The first-order valence-electron chi connectivity index (χ1n) is 8.78. The summed E-state index contributed by atoms with van der Waals surface area (Å²) >= 11 is 5.83. The molecule has 0 aliphatic heterocycles. The average molecular weight is 405 g/mol. The van der Waals surface area contributed by atoms with Crippen LogP contribution in [0.2, 0.25) is 5.02 Å². The summed E-state index contributed by atoms with van der Waals surface area (Å²) in [6, 6.07) is 11.3. The van der Waals surface area contributed by atoms with Crippen LogP contribution in [-0.4, -0.2) is 22.8 Å². The van der Waals surface area contributed by atoms with Crippen LogP contribution < -0.4 is 5.32 Å². The lowest BCUT2D eigenvalue weighted by Gasteiger charge is -2.22. The van der Waals surface area contributed by atoms with E-state index >= 15 is 0 Å². The molecule has 0 aliphatic rings. The third-order valence-corrected chi connectivity index (χ3v) is 4.64. The molecule has 0 unspecified atom stereocenters. The number of hydrogen-bond acceptors (Lipinski definition) is 5. The highest BCUT2D eigenvalue weighted by Crippen LogP contribution is 2.16. The van der Waals surface area contributed by atoms with E-state index in [0.717, 1.165) is 0 Å². The van der Waals surface area contributed by atoms with Gasteiger partial charge in [0.15, 0.2) is 0 Å². The van der Waals surface area contributed by atoms with Crippen molar-refractivity contribution >= 4 is 29.2 Å². The Kier molecular flexibility index (Phi) is 7.52. The van der Waals surface area contributed by atoms with E-state index in [-0.39, 0.29) is 18.2 Å². The van der Waals surface area contributed by atoms with Gasteiger partial charge in [-0.3, -0.25) is 14.9 Å². The first-order chi connectivity index (χ1) is 13.3. The summed E-state index contributed by atoms with van der Waals surface area (Å²) in [5, 5.41) is 13.9. The molecule has 0 fully saturated rings. The number of rotatable bonds is 8. The van der Waals surface area contributed by atoms with Crippen LogP contribution in [0.25, 0.3) is 0 Å². The molecule has 0 aliphatic carbocycles. The van der Waals surface area contributed by atoms with Gasteiger partial charge in [-0.25, -0.2) is 4.79 Å². The minimum absolute atomic E-state index is 0.0391. The van der Waals surface area contributed by atoms with Gasteiger partial charge in [0.05, 0.1) is 4.92 Å². The molecule has 0 spiro atoms. The highest BCUT2D eigenvalue weighted by Gasteiger charge is 2.27. The summed E-state index contributed by atoms with van der Waals surface area (Å²) in [6.45, 7) is 3.72. The van der Waals surface area contributed by atoms with Gasteiger partial charge in [0.2, 0.25) is 0 Å². The fourth-order valence-electron chi connectivity index (χ4n) is 2.45. The molecule has 0 saturated heterocycles. The maximum atomic E-state index is 12.5. The molecular formula is C20H21ClN2O5. The van der Waals surface area contributed by atoms with Crippen LogP contribution in [-0.2, 0) is 16.1 Å². The van der Waals surface area contributed by atoms with E-state index in [4.69, 9.17) is 16.3 Å². The summed E-state index contributed by atoms with van der Waals surface area (Å²) in [4.78, 5) is 35.2.